The van der Waals surface area contributed by atoms with Crippen LogP contribution in [-0.4, -0.2) is 57.6 Å². The average molecular weight is 443 g/mol. The van der Waals surface area contributed by atoms with Crippen molar-refractivity contribution in [3.8, 4) is 0 Å². The first-order chi connectivity index (χ1) is 11.2. The Morgan fingerprint density at radius 1 is 1.50 bits per heavy atom. The lowest BCUT2D eigenvalue weighted by atomic mass is 10.3. The number of aliphatic imine (C=N–C) groups is 1. The van der Waals surface area contributed by atoms with E-state index >= 15 is 0 Å². The molecule has 0 spiro atoms. The second kappa shape index (κ2) is 8.66. The first-order valence-corrected chi connectivity index (χ1v) is 8.32. The molecule has 0 radical (unpaired) electrons. The van der Waals surface area contributed by atoms with Gasteiger partial charge in [-0.25, -0.2) is 4.98 Å². The normalized spacial score (nSPS) is 18.0. The quantitative estimate of drug-likeness (QED) is 0.430. The van der Waals surface area contributed by atoms with Gasteiger partial charge in [0.05, 0.1) is 11.8 Å². The number of aliphatic hydroxyl groups excluding tert-OH is 1. The summed E-state index contributed by atoms with van der Waals surface area (Å²) >= 11 is 0. The van der Waals surface area contributed by atoms with Crippen LogP contribution in [0.5, 0.6) is 0 Å². The maximum absolute atomic E-state index is 9.69. The second-order valence-electron chi connectivity index (χ2n) is 6.03. The van der Waals surface area contributed by atoms with Crippen LogP contribution in [0.1, 0.15) is 24.6 Å². The summed E-state index contributed by atoms with van der Waals surface area (Å²) in [7, 11) is 0. The van der Waals surface area contributed by atoms with Crippen LogP contribution in [0.15, 0.2) is 29.5 Å². The SMILES string of the molecule is CCNC(=NCCc1cn2cccc(C)c2n1)N1CC[C@@H](O)C1.I. The van der Waals surface area contributed by atoms with Gasteiger partial charge in [0.25, 0.3) is 0 Å². The van der Waals surface area contributed by atoms with Gasteiger partial charge in [-0.05, 0) is 31.9 Å². The minimum Gasteiger partial charge on any atom is -0.391 e. The van der Waals surface area contributed by atoms with Crippen LogP contribution in [0.25, 0.3) is 5.65 Å². The summed E-state index contributed by atoms with van der Waals surface area (Å²) in [5.74, 6) is 0.893. The lowest BCUT2D eigenvalue weighted by Crippen LogP contribution is -2.40. The molecule has 0 amide bonds. The highest BCUT2D eigenvalue weighted by atomic mass is 127. The molecular formula is C17H26IN5O. The van der Waals surface area contributed by atoms with Gasteiger partial charge >= 0.3 is 0 Å². The van der Waals surface area contributed by atoms with E-state index < -0.39 is 0 Å². The van der Waals surface area contributed by atoms with E-state index in [4.69, 9.17) is 0 Å². The summed E-state index contributed by atoms with van der Waals surface area (Å²) in [6.07, 6.45) is 5.49. The van der Waals surface area contributed by atoms with E-state index in [0.717, 1.165) is 43.2 Å². The number of fused-ring (bicyclic) bond motifs is 1. The molecule has 2 aromatic rings. The predicted molar refractivity (Wildman–Crippen MR) is 107 cm³/mol. The Bertz CT molecular complexity index is 699. The van der Waals surface area contributed by atoms with Crippen molar-refractivity contribution in [2.24, 2.45) is 4.99 Å². The molecule has 1 atom stereocenters. The van der Waals surface area contributed by atoms with Crippen molar-refractivity contribution in [2.45, 2.75) is 32.8 Å². The highest BCUT2D eigenvalue weighted by molar-refractivity contribution is 14.0. The van der Waals surface area contributed by atoms with Crippen molar-refractivity contribution in [3.05, 3.63) is 35.8 Å². The van der Waals surface area contributed by atoms with Crippen LogP contribution >= 0.6 is 24.0 Å². The molecule has 3 rings (SSSR count). The largest absolute Gasteiger partial charge is 0.391 e. The number of nitrogens with one attached hydrogen (secondary N) is 1. The van der Waals surface area contributed by atoms with E-state index in [1.807, 2.05) is 12.3 Å². The third kappa shape index (κ3) is 4.38. The molecule has 3 heterocycles. The minimum atomic E-state index is -0.236. The van der Waals surface area contributed by atoms with Crippen molar-refractivity contribution in [1.82, 2.24) is 19.6 Å². The molecule has 6 nitrogen and oxygen atoms in total. The summed E-state index contributed by atoms with van der Waals surface area (Å²) in [4.78, 5) is 11.5. The molecule has 1 saturated heterocycles. The molecule has 0 aromatic carbocycles. The van der Waals surface area contributed by atoms with Crippen LogP contribution < -0.4 is 5.32 Å². The third-order valence-electron chi connectivity index (χ3n) is 4.16. The van der Waals surface area contributed by atoms with Gasteiger partial charge in [0.15, 0.2) is 5.96 Å². The smallest absolute Gasteiger partial charge is 0.194 e. The van der Waals surface area contributed by atoms with Gasteiger partial charge in [0.2, 0.25) is 0 Å². The number of aliphatic hydroxyl groups is 1. The number of nitrogens with zero attached hydrogens (tertiary/aromatic N) is 4. The van der Waals surface area contributed by atoms with Gasteiger partial charge in [-0.3, -0.25) is 4.99 Å². The number of aryl methyl sites for hydroxylation is 1. The van der Waals surface area contributed by atoms with Crippen LogP contribution in [0.3, 0.4) is 0 Å². The van der Waals surface area contributed by atoms with Crippen molar-refractivity contribution in [1.29, 1.82) is 0 Å². The number of hydrogen-bond acceptors (Lipinski definition) is 3. The lowest BCUT2D eigenvalue weighted by Gasteiger charge is -2.20. The maximum atomic E-state index is 9.69. The monoisotopic (exact) mass is 443 g/mol. The Balaban J connectivity index is 0.00000208. The van der Waals surface area contributed by atoms with Gasteiger partial charge in [-0.15, -0.1) is 24.0 Å². The first-order valence-electron chi connectivity index (χ1n) is 8.32. The lowest BCUT2D eigenvalue weighted by molar-refractivity contribution is 0.188. The van der Waals surface area contributed by atoms with Crippen molar-refractivity contribution in [2.75, 3.05) is 26.2 Å². The summed E-state index contributed by atoms with van der Waals surface area (Å²) in [5, 5.41) is 13.0. The van der Waals surface area contributed by atoms with E-state index in [0.29, 0.717) is 13.1 Å². The standard InChI is InChI=1S/C17H25N5O.HI/c1-3-18-17(22-10-7-15(23)12-22)19-8-6-14-11-21-9-4-5-13(2)16(21)20-14;/h4-5,9,11,15,23H,3,6-8,10,12H2,1-2H3,(H,18,19);1H/t15-;/m1./s1. The zero-order valence-electron chi connectivity index (χ0n) is 14.3. The number of pyridine rings is 1. The zero-order chi connectivity index (χ0) is 16.2. The van der Waals surface area contributed by atoms with Crippen molar-refractivity contribution >= 4 is 35.6 Å². The molecular weight excluding hydrogens is 417 g/mol. The number of halogens is 1. The van der Waals surface area contributed by atoms with E-state index in [1.54, 1.807) is 0 Å². The molecule has 7 heteroatoms. The summed E-state index contributed by atoms with van der Waals surface area (Å²) < 4.78 is 2.07. The number of rotatable bonds is 4. The van der Waals surface area contributed by atoms with Crippen LogP contribution in [0.4, 0.5) is 0 Å². The zero-order valence-corrected chi connectivity index (χ0v) is 16.6. The average Bonchev–Trinajstić information content (AvgIpc) is 3.13. The highest BCUT2D eigenvalue weighted by Crippen LogP contribution is 2.11. The van der Waals surface area contributed by atoms with Crippen molar-refractivity contribution < 1.29 is 5.11 Å². The fourth-order valence-electron chi connectivity index (χ4n) is 2.96. The molecule has 1 aliphatic heterocycles. The fourth-order valence-corrected chi connectivity index (χ4v) is 2.96. The molecule has 0 aliphatic carbocycles. The molecule has 0 bridgehead atoms. The number of imidazole rings is 1. The third-order valence-corrected chi connectivity index (χ3v) is 4.16. The first kappa shape index (κ1) is 19.0. The van der Waals surface area contributed by atoms with Crippen LogP contribution in [-0.2, 0) is 6.42 Å². The molecule has 132 valence electrons. The molecule has 2 aromatic heterocycles. The van der Waals surface area contributed by atoms with Gasteiger partial charge in [0.1, 0.15) is 5.65 Å². The van der Waals surface area contributed by atoms with E-state index in [-0.39, 0.29) is 30.1 Å². The molecule has 1 aliphatic rings. The maximum Gasteiger partial charge on any atom is 0.194 e. The molecule has 2 N–H and O–H groups in total. The Kier molecular flexibility index (Phi) is 6.85. The summed E-state index contributed by atoms with van der Waals surface area (Å²) in [5.41, 5.74) is 3.25. The van der Waals surface area contributed by atoms with Gasteiger partial charge in [-0.1, -0.05) is 6.07 Å². The second-order valence-corrected chi connectivity index (χ2v) is 6.03. The fraction of sp³-hybridized carbons (Fsp3) is 0.529. The molecule has 0 unspecified atom stereocenters. The number of hydrogen-bond donors (Lipinski definition) is 2. The number of guanidine groups is 1. The van der Waals surface area contributed by atoms with Gasteiger partial charge in [-0.2, -0.15) is 0 Å². The molecule has 1 fully saturated rings. The number of likely N-dealkylation sites (tertiary alicyclic amines) is 1. The summed E-state index contributed by atoms with van der Waals surface area (Å²) in [6, 6.07) is 4.11. The Hall–Kier alpha value is -1.35. The highest BCUT2D eigenvalue weighted by Gasteiger charge is 2.22. The number of β-amino-alcohol motifs (C(OH)–C–C–N with tert-alkyl or cyclic N) is 1. The Labute approximate surface area is 160 Å². The minimum absolute atomic E-state index is 0. The van der Waals surface area contributed by atoms with Crippen molar-refractivity contribution in [3.63, 3.8) is 0 Å². The van der Waals surface area contributed by atoms with E-state index in [1.165, 1.54) is 5.56 Å². The summed E-state index contributed by atoms with van der Waals surface area (Å²) in [6.45, 7) is 7.19. The molecule has 0 saturated carbocycles. The van der Waals surface area contributed by atoms with Crippen LogP contribution in [0, 0.1) is 6.92 Å². The van der Waals surface area contributed by atoms with Gasteiger partial charge < -0.3 is 19.7 Å². The predicted octanol–water partition coefficient (Wildman–Crippen LogP) is 1.84. The van der Waals surface area contributed by atoms with Gasteiger partial charge in [0, 0.05) is 45.0 Å². The number of aromatic nitrogens is 2. The van der Waals surface area contributed by atoms with E-state index in [2.05, 4.69) is 50.7 Å². The van der Waals surface area contributed by atoms with E-state index in [9.17, 15) is 5.11 Å². The topological polar surface area (TPSA) is 65.2 Å². The molecule has 24 heavy (non-hydrogen) atoms. The Morgan fingerprint density at radius 2 is 2.33 bits per heavy atom. The van der Waals surface area contributed by atoms with Crippen LogP contribution in [0.2, 0.25) is 0 Å². The Morgan fingerprint density at radius 3 is 3.00 bits per heavy atom.